The Morgan fingerprint density at radius 2 is 1.59 bits per heavy atom. The molecule has 1 amide bonds. The largest absolute Gasteiger partial charge is 0.324 e. The average Bonchev–Trinajstić information content (AvgIpc) is 3.05. The zero-order chi connectivity index (χ0) is 32.7. The highest BCUT2D eigenvalue weighted by molar-refractivity contribution is 7.89. The van der Waals surface area contributed by atoms with Crippen LogP contribution in [0.15, 0.2) is 107 Å². The van der Waals surface area contributed by atoms with Gasteiger partial charge >= 0.3 is 0 Å². The third kappa shape index (κ3) is 7.55. The van der Waals surface area contributed by atoms with Gasteiger partial charge in [-0.15, -0.1) is 0 Å². The van der Waals surface area contributed by atoms with E-state index in [2.05, 4.69) is 22.3 Å². The van der Waals surface area contributed by atoms with E-state index in [1.807, 2.05) is 0 Å². The fraction of sp³-hybridized carbons (Fsp3) is 0.257. The molecule has 46 heavy (non-hydrogen) atoms. The van der Waals surface area contributed by atoms with Crippen molar-refractivity contribution in [3.63, 3.8) is 0 Å². The molecule has 0 unspecified atom stereocenters. The van der Waals surface area contributed by atoms with Crippen LogP contribution in [-0.4, -0.2) is 57.1 Å². The Morgan fingerprint density at radius 3 is 2.22 bits per heavy atom. The second kappa shape index (κ2) is 14.8. The molecule has 0 bridgehead atoms. The normalized spacial score (nSPS) is 16.2. The van der Waals surface area contributed by atoms with E-state index in [1.165, 1.54) is 52.8 Å². The van der Waals surface area contributed by atoms with Crippen LogP contribution >= 0.6 is 0 Å². The minimum Gasteiger partial charge on any atom is -0.324 e. The van der Waals surface area contributed by atoms with Gasteiger partial charge in [0, 0.05) is 42.8 Å². The Kier molecular flexibility index (Phi) is 10.7. The van der Waals surface area contributed by atoms with Crippen LogP contribution in [0.25, 0.3) is 0 Å². The molecule has 1 aliphatic heterocycles. The standard InChI is InChI=1S/C35H35F3N4O3S/c1-39-34(33(24-9-5-11-26(36)21-24)25-10-6-12-27(37)22-25)35(43)41-32-18-8-17-31(38)30(32)16-7-13-28-23-40-19-20-42(28)46(44,45)29-14-3-2-4-15-29/h2-6,8-12,14-15,17-18,21-22,28,33-34,40H,1,7,13,16,19-20,23H2,(H,41,43)/t28-,34-/m0/s1. The van der Waals surface area contributed by atoms with Gasteiger partial charge < -0.3 is 10.6 Å². The van der Waals surface area contributed by atoms with Gasteiger partial charge in [0.15, 0.2) is 0 Å². The monoisotopic (exact) mass is 648 g/mol. The minimum atomic E-state index is -3.71. The Bertz CT molecular complexity index is 1740. The number of nitrogens with zero attached hydrogens (tertiary/aromatic N) is 2. The number of hydrogen-bond acceptors (Lipinski definition) is 5. The molecule has 2 N–H and O–H groups in total. The molecule has 7 nitrogen and oxygen atoms in total. The Labute approximate surface area is 267 Å². The molecule has 1 heterocycles. The van der Waals surface area contributed by atoms with Crippen LogP contribution in [0.4, 0.5) is 18.9 Å². The number of aliphatic imine (C=N–C) groups is 1. The lowest BCUT2D eigenvalue weighted by Gasteiger charge is -2.35. The van der Waals surface area contributed by atoms with Crippen molar-refractivity contribution in [2.45, 2.75) is 42.2 Å². The molecule has 0 spiro atoms. The quantitative estimate of drug-likeness (QED) is 0.187. The highest BCUT2D eigenvalue weighted by Gasteiger charge is 2.34. The topological polar surface area (TPSA) is 90.9 Å². The number of carbonyl (C=O) groups excluding carboxylic acids is 1. The summed E-state index contributed by atoms with van der Waals surface area (Å²) in [4.78, 5) is 18.0. The van der Waals surface area contributed by atoms with Crippen LogP contribution in [-0.2, 0) is 21.2 Å². The number of rotatable bonds is 12. The first kappa shape index (κ1) is 33.1. The molecule has 0 aliphatic carbocycles. The molecule has 1 aliphatic rings. The number of halogens is 3. The average molecular weight is 649 g/mol. The van der Waals surface area contributed by atoms with Crippen molar-refractivity contribution < 1.29 is 26.4 Å². The van der Waals surface area contributed by atoms with Crippen LogP contribution < -0.4 is 10.6 Å². The third-order valence-corrected chi connectivity index (χ3v) is 10.1. The van der Waals surface area contributed by atoms with Crippen molar-refractivity contribution in [3.05, 3.63) is 131 Å². The molecular formula is C35H35F3N4O3S. The Balaban J connectivity index is 1.34. The number of hydrogen-bond donors (Lipinski definition) is 2. The van der Waals surface area contributed by atoms with E-state index in [4.69, 9.17) is 0 Å². The van der Waals surface area contributed by atoms with Crippen molar-refractivity contribution >= 4 is 28.3 Å². The van der Waals surface area contributed by atoms with E-state index in [1.54, 1.807) is 48.5 Å². The number of piperazine rings is 1. The lowest BCUT2D eigenvalue weighted by Crippen LogP contribution is -2.53. The number of sulfonamides is 1. The van der Waals surface area contributed by atoms with E-state index in [0.29, 0.717) is 43.6 Å². The first-order valence-electron chi connectivity index (χ1n) is 15.0. The lowest BCUT2D eigenvalue weighted by molar-refractivity contribution is -0.117. The molecule has 0 aromatic heterocycles. The Morgan fingerprint density at radius 1 is 0.935 bits per heavy atom. The fourth-order valence-corrected chi connectivity index (χ4v) is 7.66. The van der Waals surface area contributed by atoms with Crippen molar-refractivity contribution in [1.29, 1.82) is 0 Å². The Hall–Kier alpha value is -4.32. The van der Waals surface area contributed by atoms with Gasteiger partial charge in [-0.25, -0.2) is 21.6 Å². The van der Waals surface area contributed by atoms with Gasteiger partial charge in [-0.1, -0.05) is 48.5 Å². The zero-order valence-corrected chi connectivity index (χ0v) is 25.9. The van der Waals surface area contributed by atoms with Gasteiger partial charge in [-0.3, -0.25) is 9.79 Å². The predicted molar refractivity (Wildman–Crippen MR) is 173 cm³/mol. The highest BCUT2D eigenvalue weighted by Crippen LogP contribution is 2.32. The molecule has 4 aromatic rings. The second-order valence-electron chi connectivity index (χ2n) is 11.1. The summed E-state index contributed by atoms with van der Waals surface area (Å²) in [5, 5.41) is 6.02. The van der Waals surface area contributed by atoms with E-state index >= 15 is 4.39 Å². The molecule has 1 saturated heterocycles. The summed E-state index contributed by atoms with van der Waals surface area (Å²) >= 11 is 0. The molecule has 1 fully saturated rings. The van der Waals surface area contributed by atoms with E-state index < -0.39 is 45.3 Å². The molecule has 240 valence electrons. The predicted octanol–water partition coefficient (Wildman–Crippen LogP) is 5.93. The second-order valence-corrected chi connectivity index (χ2v) is 13.0. The summed E-state index contributed by atoms with van der Waals surface area (Å²) in [6.45, 7) is 4.90. The molecule has 2 atom stereocenters. The summed E-state index contributed by atoms with van der Waals surface area (Å²) in [5.41, 5.74) is 1.28. The summed E-state index contributed by atoms with van der Waals surface area (Å²) in [6.07, 6.45) is 1.12. The van der Waals surface area contributed by atoms with E-state index in [9.17, 15) is 22.0 Å². The maximum Gasteiger partial charge on any atom is 0.250 e. The van der Waals surface area contributed by atoms with Crippen molar-refractivity contribution in [3.8, 4) is 0 Å². The number of benzene rings is 4. The van der Waals surface area contributed by atoms with Crippen molar-refractivity contribution in [1.82, 2.24) is 9.62 Å². The molecule has 5 rings (SSSR count). The molecule has 0 radical (unpaired) electrons. The van der Waals surface area contributed by atoms with Crippen LogP contribution in [0, 0.1) is 17.5 Å². The van der Waals surface area contributed by atoms with Gasteiger partial charge in [-0.05, 0) is 85.6 Å². The van der Waals surface area contributed by atoms with Gasteiger partial charge in [0.1, 0.15) is 23.5 Å². The molecule has 4 aromatic carbocycles. The van der Waals surface area contributed by atoms with Crippen LogP contribution in [0.5, 0.6) is 0 Å². The number of amides is 1. The van der Waals surface area contributed by atoms with Gasteiger partial charge in [0.25, 0.3) is 0 Å². The van der Waals surface area contributed by atoms with Crippen molar-refractivity contribution in [2.24, 2.45) is 4.99 Å². The SMILES string of the molecule is C=N[C@H](C(=O)Nc1cccc(F)c1CCC[C@H]1CNCCN1S(=O)(=O)c1ccccc1)C(c1cccc(F)c1)c1cccc(F)c1. The number of carbonyl (C=O) groups is 1. The van der Waals surface area contributed by atoms with Gasteiger partial charge in [0.05, 0.1) is 4.90 Å². The maximum absolute atomic E-state index is 15.2. The molecule has 0 saturated carbocycles. The lowest BCUT2D eigenvalue weighted by atomic mass is 9.84. The fourth-order valence-electron chi connectivity index (χ4n) is 5.98. The summed E-state index contributed by atoms with van der Waals surface area (Å²) < 4.78 is 72.0. The highest BCUT2D eigenvalue weighted by atomic mass is 32.2. The number of anilines is 1. The summed E-state index contributed by atoms with van der Waals surface area (Å²) in [5.74, 6) is -3.09. The summed E-state index contributed by atoms with van der Waals surface area (Å²) in [7, 11) is -3.71. The van der Waals surface area contributed by atoms with Crippen LogP contribution in [0.1, 0.15) is 35.4 Å². The minimum absolute atomic E-state index is 0.223. The van der Waals surface area contributed by atoms with E-state index in [0.717, 1.165) is 0 Å². The van der Waals surface area contributed by atoms with Crippen LogP contribution in [0.2, 0.25) is 0 Å². The summed E-state index contributed by atoms with van der Waals surface area (Å²) in [6, 6.07) is 22.4. The maximum atomic E-state index is 15.2. The zero-order valence-electron chi connectivity index (χ0n) is 25.1. The van der Waals surface area contributed by atoms with Crippen LogP contribution in [0.3, 0.4) is 0 Å². The van der Waals surface area contributed by atoms with Crippen molar-refractivity contribution in [2.75, 3.05) is 25.0 Å². The van der Waals surface area contributed by atoms with Gasteiger partial charge in [0.2, 0.25) is 15.9 Å². The number of nitrogens with one attached hydrogen (secondary N) is 2. The smallest absolute Gasteiger partial charge is 0.250 e. The molecule has 11 heteroatoms. The first-order chi connectivity index (χ1) is 22.2. The first-order valence-corrected chi connectivity index (χ1v) is 16.5. The third-order valence-electron chi connectivity index (χ3n) is 8.18. The van der Waals surface area contributed by atoms with E-state index in [-0.39, 0.29) is 28.6 Å². The van der Waals surface area contributed by atoms with Gasteiger partial charge in [-0.2, -0.15) is 4.31 Å². The molecular weight excluding hydrogens is 613 g/mol.